The van der Waals surface area contributed by atoms with E-state index in [-0.39, 0.29) is 16.4 Å². The number of aliphatic hydroxyl groups is 2. The van der Waals surface area contributed by atoms with Gasteiger partial charge in [0.1, 0.15) is 5.82 Å². The first-order valence-electron chi connectivity index (χ1n) is 8.35. The number of nitrogens with one attached hydrogen (secondary N) is 1. The fraction of sp³-hybridized carbons (Fsp3) is 0.353. The Morgan fingerprint density at radius 1 is 1.33 bits per heavy atom. The van der Waals surface area contributed by atoms with E-state index in [1.54, 1.807) is 23.0 Å². The van der Waals surface area contributed by atoms with Crippen molar-refractivity contribution < 1.29 is 14.6 Å². The summed E-state index contributed by atoms with van der Waals surface area (Å²) >= 11 is 7.58. The van der Waals surface area contributed by atoms with Gasteiger partial charge in [-0.05, 0) is 29.3 Å². The maximum Gasteiger partial charge on any atom is 0.226 e. The highest BCUT2D eigenvalue weighted by molar-refractivity contribution is 8.00. The van der Waals surface area contributed by atoms with Gasteiger partial charge in [0, 0.05) is 18.8 Å². The minimum atomic E-state index is -0.796. The van der Waals surface area contributed by atoms with Crippen LogP contribution in [0.2, 0.25) is 5.28 Å². The molecule has 1 saturated heterocycles. The summed E-state index contributed by atoms with van der Waals surface area (Å²) in [5.41, 5.74) is 1.83. The van der Waals surface area contributed by atoms with Gasteiger partial charge in [-0.15, -0.1) is 0 Å². The van der Waals surface area contributed by atoms with Gasteiger partial charge < -0.3 is 20.1 Å². The Balaban J connectivity index is 1.58. The molecule has 2 aromatic heterocycles. The molecule has 1 fully saturated rings. The van der Waals surface area contributed by atoms with Crippen LogP contribution in [0.25, 0.3) is 11.2 Å². The lowest BCUT2D eigenvalue weighted by atomic mass is 10.1. The molecule has 0 saturated carbocycles. The quantitative estimate of drug-likeness (QED) is 0.555. The van der Waals surface area contributed by atoms with Gasteiger partial charge in [-0.25, -0.2) is 9.37 Å². The first-order chi connectivity index (χ1) is 13.0. The molecule has 3 heterocycles. The van der Waals surface area contributed by atoms with Crippen molar-refractivity contribution >= 4 is 40.3 Å². The Kier molecular flexibility index (Phi) is 5.18. The summed E-state index contributed by atoms with van der Waals surface area (Å²) < 4.78 is 15.1. The van der Waals surface area contributed by atoms with Gasteiger partial charge in [-0.2, -0.15) is 21.7 Å². The number of halogens is 2. The zero-order valence-electron chi connectivity index (χ0n) is 14.1. The lowest BCUT2D eigenvalue weighted by Gasteiger charge is -2.16. The normalized spacial score (nSPS) is 22.4. The van der Waals surface area contributed by atoms with Crippen LogP contribution < -0.4 is 5.32 Å². The summed E-state index contributed by atoms with van der Waals surface area (Å²) in [5.74, 6) is 0.640. The summed E-state index contributed by atoms with van der Waals surface area (Å²) in [5, 5.41) is 22.8. The number of hydrogen-bond donors (Lipinski definition) is 3. The molecule has 0 radical (unpaired) electrons. The van der Waals surface area contributed by atoms with E-state index in [1.807, 2.05) is 0 Å². The van der Waals surface area contributed by atoms with Crippen molar-refractivity contribution in [3.05, 3.63) is 47.3 Å². The number of rotatable bonds is 5. The molecule has 3 atom stereocenters. The predicted octanol–water partition coefficient (Wildman–Crippen LogP) is 2.07. The van der Waals surface area contributed by atoms with Crippen molar-refractivity contribution in [1.29, 1.82) is 0 Å². The summed E-state index contributed by atoms with van der Waals surface area (Å²) in [4.78, 5) is 12.8. The molecule has 1 aromatic carbocycles. The Morgan fingerprint density at radius 3 is 2.93 bits per heavy atom. The number of imidazole rings is 1. The molecule has 142 valence electrons. The molecule has 3 aromatic rings. The fourth-order valence-electron chi connectivity index (χ4n) is 3.03. The second-order valence-electron chi connectivity index (χ2n) is 6.32. The summed E-state index contributed by atoms with van der Waals surface area (Å²) in [6.07, 6.45) is 0.0907. The zero-order valence-corrected chi connectivity index (χ0v) is 15.7. The first-order valence-corrected chi connectivity index (χ1v) is 9.78. The summed E-state index contributed by atoms with van der Waals surface area (Å²) in [6, 6.07) is 6.27. The lowest BCUT2D eigenvalue weighted by molar-refractivity contribution is 0.0396. The summed E-state index contributed by atoms with van der Waals surface area (Å²) in [6.45, 7) is 0.798. The average Bonchev–Trinajstić information content (AvgIpc) is 3.18. The molecule has 10 heteroatoms. The van der Waals surface area contributed by atoms with Gasteiger partial charge in [-0.3, -0.25) is 0 Å². The van der Waals surface area contributed by atoms with Crippen LogP contribution >= 0.6 is 23.4 Å². The molecule has 7 nitrogen and oxygen atoms in total. The number of anilines is 1. The highest BCUT2D eigenvalue weighted by Gasteiger charge is 2.34. The van der Waals surface area contributed by atoms with E-state index in [2.05, 4.69) is 20.3 Å². The van der Waals surface area contributed by atoms with Gasteiger partial charge in [0.05, 0.1) is 23.8 Å². The first kappa shape index (κ1) is 18.4. The third-order valence-corrected chi connectivity index (χ3v) is 5.98. The smallest absolute Gasteiger partial charge is 0.226 e. The van der Waals surface area contributed by atoms with Gasteiger partial charge in [-0.1, -0.05) is 12.1 Å². The topological polar surface area (TPSA) is 96.1 Å². The van der Waals surface area contributed by atoms with E-state index in [0.29, 0.717) is 35.8 Å². The molecular weight excluding hydrogens is 393 g/mol. The van der Waals surface area contributed by atoms with Crippen molar-refractivity contribution in [2.75, 3.05) is 11.1 Å². The second-order valence-corrected chi connectivity index (χ2v) is 7.93. The highest BCUT2D eigenvalue weighted by atomic mass is 35.5. The van der Waals surface area contributed by atoms with Crippen molar-refractivity contribution in [1.82, 2.24) is 19.5 Å². The molecule has 1 aliphatic rings. The van der Waals surface area contributed by atoms with Crippen molar-refractivity contribution in [2.24, 2.45) is 0 Å². The Bertz CT molecular complexity index is 972. The van der Waals surface area contributed by atoms with Crippen LogP contribution in [0, 0.1) is 5.82 Å². The molecule has 1 aliphatic heterocycles. The van der Waals surface area contributed by atoms with Crippen LogP contribution in [0.15, 0.2) is 30.6 Å². The number of aliphatic hydroxyl groups excluding tert-OH is 2. The maximum absolute atomic E-state index is 13.3. The van der Waals surface area contributed by atoms with E-state index in [1.165, 1.54) is 23.9 Å². The SMILES string of the molecule is OC1CSC(Cn2cnc3c(NCc4cccc(F)c4)nc(Cl)nc32)C1O. The minimum Gasteiger partial charge on any atom is -0.390 e. The zero-order chi connectivity index (χ0) is 19.0. The van der Waals surface area contributed by atoms with Crippen molar-refractivity contribution in [3.8, 4) is 0 Å². The predicted molar refractivity (Wildman–Crippen MR) is 102 cm³/mol. The van der Waals surface area contributed by atoms with Gasteiger partial charge >= 0.3 is 0 Å². The molecule has 4 rings (SSSR count). The number of nitrogens with zero attached hydrogens (tertiary/aromatic N) is 4. The van der Waals surface area contributed by atoms with E-state index in [0.717, 1.165) is 5.56 Å². The number of aromatic nitrogens is 4. The molecule has 27 heavy (non-hydrogen) atoms. The van der Waals surface area contributed by atoms with E-state index >= 15 is 0 Å². The highest BCUT2D eigenvalue weighted by Crippen LogP contribution is 2.30. The summed E-state index contributed by atoms with van der Waals surface area (Å²) in [7, 11) is 0. The second kappa shape index (κ2) is 7.59. The van der Waals surface area contributed by atoms with Crippen LogP contribution in [0.5, 0.6) is 0 Å². The Hall–Kier alpha value is -1.94. The Morgan fingerprint density at radius 2 is 2.19 bits per heavy atom. The fourth-order valence-corrected chi connectivity index (χ4v) is 4.48. The molecule has 0 spiro atoms. The molecule has 0 aliphatic carbocycles. The van der Waals surface area contributed by atoms with Crippen molar-refractivity contribution in [2.45, 2.75) is 30.5 Å². The molecule has 0 bridgehead atoms. The number of hydrogen-bond acceptors (Lipinski definition) is 7. The van der Waals surface area contributed by atoms with Crippen LogP contribution in [0.3, 0.4) is 0 Å². The Labute approximate surface area is 163 Å². The molecule has 0 amide bonds. The van der Waals surface area contributed by atoms with Crippen LogP contribution in [0.4, 0.5) is 10.2 Å². The molecule has 3 N–H and O–H groups in total. The number of thioether (sulfide) groups is 1. The number of fused-ring (bicyclic) bond motifs is 1. The van der Waals surface area contributed by atoms with Crippen LogP contribution in [-0.4, -0.2) is 52.9 Å². The molecule has 3 unspecified atom stereocenters. The minimum absolute atomic E-state index is 0.0608. The van der Waals surface area contributed by atoms with Crippen molar-refractivity contribution in [3.63, 3.8) is 0 Å². The third kappa shape index (κ3) is 3.86. The van der Waals surface area contributed by atoms with Crippen LogP contribution in [0.1, 0.15) is 5.56 Å². The van der Waals surface area contributed by atoms with Gasteiger partial charge in [0.2, 0.25) is 5.28 Å². The largest absolute Gasteiger partial charge is 0.390 e. The monoisotopic (exact) mass is 409 g/mol. The third-order valence-electron chi connectivity index (χ3n) is 4.42. The lowest BCUT2D eigenvalue weighted by Crippen LogP contribution is -2.31. The average molecular weight is 410 g/mol. The van der Waals surface area contributed by atoms with Crippen LogP contribution in [-0.2, 0) is 13.1 Å². The van der Waals surface area contributed by atoms with Gasteiger partial charge in [0.25, 0.3) is 0 Å². The molecular formula is C17H17ClFN5O2S. The van der Waals surface area contributed by atoms with E-state index in [9.17, 15) is 14.6 Å². The van der Waals surface area contributed by atoms with E-state index < -0.39 is 12.2 Å². The number of benzene rings is 1. The maximum atomic E-state index is 13.3. The van der Waals surface area contributed by atoms with Gasteiger partial charge in [0.15, 0.2) is 17.0 Å². The standard InChI is InChI=1S/C17H17ClFN5O2S/c18-17-22-15(20-5-9-2-1-3-10(19)4-9)13-16(23-17)24(8-21-13)6-12-14(26)11(25)7-27-12/h1-4,8,11-12,14,25-26H,5-7H2,(H,20,22,23). The van der Waals surface area contributed by atoms with E-state index in [4.69, 9.17) is 11.6 Å².